The monoisotopic (exact) mass is 239 g/mol. The second kappa shape index (κ2) is 5.46. The molecule has 2 nitrogen and oxygen atoms in total. The first-order chi connectivity index (χ1) is 8.74. The lowest BCUT2D eigenvalue weighted by molar-refractivity contribution is 0.340. The fourth-order valence-corrected chi connectivity index (χ4v) is 1.95. The molecule has 2 rings (SSSR count). The Labute approximate surface area is 108 Å². The fourth-order valence-electron chi connectivity index (χ4n) is 1.95. The second-order valence-electron chi connectivity index (χ2n) is 4.18. The maximum atomic E-state index is 5.43. The number of hydrogen-bond acceptors (Lipinski definition) is 2. The van der Waals surface area contributed by atoms with Gasteiger partial charge in [-0.2, -0.15) is 0 Å². The van der Waals surface area contributed by atoms with E-state index >= 15 is 0 Å². The topological polar surface area (TPSA) is 21.3 Å². The lowest BCUT2D eigenvalue weighted by Gasteiger charge is -2.23. The van der Waals surface area contributed by atoms with Gasteiger partial charge < -0.3 is 10.1 Å². The Morgan fingerprint density at radius 1 is 1.44 bits per heavy atom. The normalized spacial score (nSPS) is 18.6. The van der Waals surface area contributed by atoms with Crippen molar-refractivity contribution >= 4 is 5.70 Å². The van der Waals surface area contributed by atoms with Crippen molar-refractivity contribution in [2.75, 3.05) is 6.61 Å². The summed E-state index contributed by atoms with van der Waals surface area (Å²) in [6, 6.07) is 8.01. The molecule has 1 heterocycles. The minimum absolute atomic E-state index is 0.0939. The van der Waals surface area contributed by atoms with E-state index < -0.39 is 0 Å². The van der Waals surface area contributed by atoms with Gasteiger partial charge in [-0.1, -0.05) is 18.6 Å². The number of terminal acetylenes is 1. The second-order valence-corrected chi connectivity index (χ2v) is 4.18. The Hall–Kier alpha value is -2.14. The molecule has 0 spiro atoms. The highest BCUT2D eigenvalue weighted by Gasteiger charge is 2.16. The molecule has 1 unspecified atom stereocenters. The number of benzene rings is 1. The minimum atomic E-state index is 0.0939. The van der Waals surface area contributed by atoms with Crippen LogP contribution in [0.4, 0.5) is 0 Å². The van der Waals surface area contributed by atoms with Crippen LogP contribution in [-0.2, 0) is 0 Å². The van der Waals surface area contributed by atoms with Crippen LogP contribution in [-0.4, -0.2) is 6.61 Å². The maximum Gasteiger partial charge on any atom is 0.119 e. The third kappa shape index (κ3) is 2.57. The van der Waals surface area contributed by atoms with Crippen LogP contribution in [0.5, 0.6) is 5.75 Å². The van der Waals surface area contributed by atoms with Gasteiger partial charge in [-0.3, -0.25) is 0 Å². The number of allylic oxidation sites excluding steroid dienone is 2. The van der Waals surface area contributed by atoms with Crippen molar-refractivity contribution in [3.63, 3.8) is 0 Å². The fraction of sp³-hybridized carbons (Fsp3) is 0.250. The molecule has 1 aliphatic rings. The molecule has 0 aliphatic carbocycles. The standard InChI is InChI=1S/C16H17NO/c1-4-13-8-11-16(17-12(13)3)14-6-9-15(10-7-14)18-5-2/h1,6-7,9-11,13,17H,3,5,8H2,2H3. The van der Waals surface area contributed by atoms with Crippen LogP contribution < -0.4 is 10.1 Å². The summed E-state index contributed by atoms with van der Waals surface area (Å²) in [5.74, 6) is 3.71. The molecule has 18 heavy (non-hydrogen) atoms. The molecule has 0 aromatic heterocycles. The molecule has 0 saturated heterocycles. The van der Waals surface area contributed by atoms with Crippen molar-refractivity contribution in [2.45, 2.75) is 13.3 Å². The van der Waals surface area contributed by atoms with Crippen LogP contribution in [0, 0.1) is 18.3 Å². The van der Waals surface area contributed by atoms with Gasteiger partial charge in [0.2, 0.25) is 0 Å². The van der Waals surface area contributed by atoms with E-state index in [1.807, 2.05) is 31.2 Å². The van der Waals surface area contributed by atoms with Crippen LogP contribution in [0.2, 0.25) is 0 Å². The molecule has 1 aromatic carbocycles. The van der Waals surface area contributed by atoms with E-state index in [1.165, 1.54) is 0 Å². The van der Waals surface area contributed by atoms with Gasteiger partial charge >= 0.3 is 0 Å². The Morgan fingerprint density at radius 2 is 2.17 bits per heavy atom. The SMILES string of the molecule is C#CC1CC=C(c2ccc(OCC)cc2)NC1=C. The zero-order valence-electron chi connectivity index (χ0n) is 10.6. The van der Waals surface area contributed by atoms with Crippen LogP contribution in [0.25, 0.3) is 5.70 Å². The number of ether oxygens (including phenoxy) is 1. The van der Waals surface area contributed by atoms with Gasteiger partial charge in [0, 0.05) is 11.4 Å². The quantitative estimate of drug-likeness (QED) is 0.818. The lowest BCUT2D eigenvalue weighted by Crippen LogP contribution is -2.21. The average molecular weight is 239 g/mol. The molecular weight excluding hydrogens is 222 g/mol. The van der Waals surface area contributed by atoms with Crippen molar-refractivity contribution in [3.05, 3.63) is 48.2 Å². The molecule has 1 atom stereocenters. The summed E-state index contributed by atoms with van der Waals surface area (Å²) in [6.45, 7) is 6.63. The molecule has 0 amide bonds. The molecule has 0 fully saturated rings. The van der Waals surface area contributed by atoms with Gasteiger partial charge in [0.1, 0.15) is 5.75 Å². The van der Waals surface area contributed by atoms with Crippen molar-refractivity contribution in [1.82, 2.24) is 5.32 Å². The molecule has 0 radical (unpaired) electrons. The van der Waals surface area contributed by atoms with E-state index in [9.17, 15) is 0 Å². The summed E-state index contributed by atoms with van der Waals surface area (Å²) in [4.78, 5) is 0. The predicted molar refractivity (Wildman–Crippen MR) is 74.8 cm³/mol. The van der Waals surface area contributed by atoms with E-state index in [-0.39, 0.29) is 5.92 Å². The third-order valence-electron chi connectivity index (χ3n) is 2.95. The van der Waals surface area contributed by atoms with Crippen LogP contribution in [0.1, 0.15) is 18.9 Å². The van der Waals surface area contributed by atoms with Crippen LogP contribution >= 0.6 is 0 Å². The molecule has 1 N–H and O–H groups in total. The summed E-state index contributed by atoms with van der Waals surface area (Å²) in [7, 11) is 0. The molecule has 1 aromatic rings. The van der Waals surface area contributed by atoms with E-state index in [0.29, 0.717) is 6.61 Å². The van der Waals surface area contributed by atoms with Gasteiger partial charge in [0.05, 0.1) is 12.5 Å². The van der Waals surface area contributed by atoms with Crippen molar-refractivity contribution < 1.29 is 4.74 Å². The van der Waals surface area contributed by atoms with E-state index in [1.54, 1.807) is 0 Å². The first-order valence-electron chi connectivity index (χ1n) is 6.10. The molecule has 1 aliphatic heterocycles. The first-order valence-corrected chi connectivity index (χ1v) is 6.10. The highest BCUT2D eigenvalue weighted by atomic mass is 16.5. The third-order valence-corrected chi connectivity index (χ3v) is 2.95. The number of hydrogen-bond donors (Lipinski definition) is 1. The Kier molecular flexibility index (Phi) is 3.74. The largest absolute Gasteiger partial charge is 0.494 e. The molecular formula is C16H17NO. The number of rotatable bonds is 3. The van der Waals surface area contributed by atoms with Crippen LogP contribution in [0.15, 0.2) is 42.6 Å². The van der Waals surface area contributed by atoms with Gasteiger partial charge in [-0.25, -0.2) is 0 Å². The van der Waals surface area contributed by atoms with E-state index in [4.69, 9.17) is 11.2 Å². The predicted octanol–water partition coefficient (Wildman–Crippen LogP) is 3.18. The summed E-state index contributed by atoms with van der Waals surface area (Å²) in [5, 5.41) is 3.27. The molecule has 92 valence electrons. The Bertz CT molecular complexity index is 505. The molecule has 2 heteroatoms. The Morgan fingerprint density at radius 3 is 2.72 bits per heavy atom. The highest BCUT2D eigenvalue weighted by molar-refractivity contribution is 5.67. The van der Waals surface area contributed by atoms with Gasteiger partial charge in [0.25, 0.3) is 0 Å². The van der Waals surface area contributed by atoms with Crippen molar-refractivity contribution in [2.24, 2.45) is 5.92 Å². The summed E-state index contributed by atoms with van der Waals surface area (Å²) in [6.07, 6.45) is 8.39. The zero-order chi connectivity index (χ0) is 13.0. The summed E-state index contributed by atoms with van der Waals surface area (Å²) in [5.41, 5.74) is 3.08. The average Bonchev–Trinajstić information content (AvgIpc) is 2.40. The van der Waals surface area contributed by atoms with Gasteiger partial charge in [0.15, 0.2) is 0 Å². The summed E-state index contributed by atoms with van der Waals surface area (Å²) >= 11 is 0. The minimum Gasteiger partial charge on any atom is -0.494 e. The van der Waals surface area contributed by atoms with Crippen molar-refractivity contribution in [3.8, 4) is 18.1 Å². The lowest BCUT2D eigenvalue weighted by atomic mass is 9.96. The molecule has 0 saturated carbocycles. The first kappa shape index (κ1) is 12.3. The highest BCUT2D eigenvalue weighted by Crippen LogP contribution is 2.25. The van der Waals surface area contributed by atoms with Gasteiger partial charge in [-0.15, -0.1) is 6.42 Å². The molecule has 0 bridgehead atoms. The zero-order valence-corrected chi connectivity index (χ0v) is 10.6. The maximum absolute atomic E-state index is 5.43. The van der Waals surface area contributed by atoms with Crippen LogP contribution in [0.3, 0.4) is 0 Å². The van der Waals surface area contributed by atoms with Crippen molar-refractivity contribution in [1.29, 1.82) is 0 Å². The van der Waals surface area contributed by atoms with Gasteiger partial charge in [-0.05, 0) is 43.2 Å². The summed E-state index contributed by atoms with van der Waals surface area (Å²) < 4.78 is 5.42. The van der Waals surface area contributed by atoms with E-state index in [2.05, 4.69) is 23.9 Å². The smallest absolute Gasteiger partial charge is 0.119 e. The number of nitrogens with one attached hydrogen (secondary N) is 1. The van der Waals surface area contributed by atoms with E-state index in [0.717, 1.165) is 29.1 Å². The Balaban J connectivity index is 2.15.